The van der Waals surface area contributed by atoms with E-state index in [2.05, 4.69) is 0 Å². The molecule has 2 rings (SSSR count). The summed E-state index contributed by atoms with van der Waals surface area (Å²) in [5.74, 6) is -0.424. The highest BCUT2D eigenvalue weighted by Gasteiger charge is 2.42. The van der Waals surface area contributed by atoms with E-state index in [1.807, 2.05) is 13.8 Å². The average molecular weight is 250 g/mol. The number of hydrogen-bond donors (Lipinski definition) is 0. The van der Waals surface area contributed by atoms with Crippen LogP contribution in [0.1, 0.15) is 48.5 Å². The van der Waals surface area contributed by atoms with Crippen molar-refractivity contribution in [2.75, 3.05) is 6.61 Å². The molecule has 0 atom stereocenters. The highest BCUT2D eigenvalue weighted by atomic mass is 19.1. The molecule has 0 bridgehead atoms. The molecule has 0 unspecified atom stereocenters. The predicted octanol–water partition coefficient (Wildman–Crippen LogP) is 3.67. The molecule has 0 aromatic heterocycles. The van der Waals surface area contributed by atoms with E-state index in [0.717, 1.165) is 31.2 Å². The number of aryl methyl sites for hydroxylation is 1. The number of ether oxygens (including phenoxy) is 1. The number of hydrogen-bond acceptors (Lipinski definition) is 2. The Balaban J connectivity index is 2.36. The molecule has 1 aromatic rings. The minimum absolute atomic E-state index is 0.0566. The van der Waals surface area contributed by atoms with Gasteiger partial charge in [-0.1, -0.05) is 6.07 Å². The second kappa shape index (κ2) is 5.19. The number of rotatable bonds is 4. The molecular formula is C15H19FO2. The Kier molecular flexibility index (Phi) is 3.81. The fourth-order valence-electron chi connectivity index (χ4n) is 2.74. The summed E-state index contributed by atoms with van der Waals surface area (Å²) < 4.78 is 19.0. The standard InChI is InChI=1S/C15H19FO2/c1-3-18-15(8-4-5-9-15)14(17)13-10-12(16)7-6-11(13)2/h6-7,10H,3-5,8-9H2,1-2H3. The molecule has 0 spiro atoms. The van der Waals surface area contributed by atoms with Gasteiger partial charge < -0.3 is 4.74 Å². The van der Waals surface area contributed by atoms with Gasteiger partial charge in [-0.25, -0.2) is 4.39 Å². The van der Waals surface area contributed by atoms with E-state index in [1.54, 1.807) is 6.07 Å². The zero-order valence-corrected chi connectivity index (χ0v) is 11.0. The van der Waals surface area contributed by atoms with Crippen LogP contribution in [-0.2, 0) is 4.74 Å². The van der Waals surface area contributed by atoms with E-state index >= 15 is 0 Å². The second-order valence-corrected chi connectivity index (χ2v) is 4.92. The fraction of sp³-hybridized carbons (Fsp3) is 0.533. The van der Waals surface area contributed by atoms with Crippen molar-refractivity contribution in [3.05, 3.63) is 35.1 Å². The van der Waals surface area contributed by atoms with Crippen LogP contribution >= 0.6 is 0 Å². The SMILES string of the molecule is CCOC1(C(=O)c2cc(F)ccc2C)CCCC1. The van der Waals surface area contributed by atoms with Crippen LogP contribution in [0.3, 0.4) is 0 Å². The fourth-order valence-corrected chi connectivity index (χ4v) is 2.74. The first-order valence-electron chi connectivity index (χ1n) is 6.54. The van der Waals surface area contributed by atoms with E-state index in [1.165, 1.54) is 12.1 Å². The van der Waals surface area contributed by atoms with Crippen molar-refractivity contribution in [1.29, 1.82) is 0 Å². The number of carbonyl (C=O) groups excluding carboxylic acids is 1. The molecule has 0 amide bonds. The summed E-state index contributed by atoms with van der Waals surface area (Å²) in [6.07, 6.45) is 3.49. The van der Waals surface area contributed by atoms with Crippen molar-refractivity contribution in [3.63, 3.8) is 0 Å². The smallest absolute Gasteiger partial charge is 0.194 e. The molecule has 0 aliphatic heterocycles. The van der Waals surface area contributed by atoms with Crippen molar-refractivity contribution < 1.29 is 13.9 Å². The Morgan fingerprint density at radius 3 is 2.67 bits per heavy atom. The van der Waals surface area contributed by atoms with Crippen molar-refractivity contribution in [1.82, 2.24) is 0 Å². The quantitative estimate of drug-likeness (QED) is 0.762. The minimum Gasteiger partial charge on any atom is -0.367 e. The molecule has 2 nitrogen and oxygen atoms in total. The van der Waals surface area contributed by atoms with Crippen LogP contribution in [0.25, 0.3) is 0 Å². The van der Waals surface area contributed by atoms with Gasteiger partial charge in [0.05, 0.1) is 0 Å². The van der Waals surface area contributed by atoms with Gasteiger partial charge in [-0.2, -0.15) is 0 Å². The third-order valence-electron chi connectivity index (χ3n) is 3.69. The number of carbonyl (C=O) groups is 1. The zero-order valence-electron chi connectivity index (χ0n) is 11.0. The lowest BCUT2D eigenvalue weighted by molar-refractivity contribution is -0.0164. The topological polar surface area (TPSA) is 26.3 Å². The molecule has 18 heavy (non-hydrogen) atoms. The summed E-state index contributed by atoms with van der Waals surface area (Å²) in [7, 11) is 0. The Bertz CT molecular complexity index is 448. The number of ketones is 1. The van der Waals surface area contributed by atoms with Crippen molar-refractivity contribution in [3.8, 4) is 0 Å². The van der Waals surface area contributed by atoms with Crippen molar-refractivity contribution >= 4 is 5.78 Å². The zero-order chi connectivity index (χ0) is 13.2. The molecule has 98 valence electrons. The van der Waals surface area contributed by atoms with E-state index in [9.17, 15) is 9.18 Å². The first-order chi connectivity index (χ1) is 8.59. The first-order valence-corrected chi connectivity index (χ1v) is 6.54. The molecule has 1 aromatic carbocycles. The molecule has 1 fully saturated rings. The maximum Gasteiger partial charge on any atom is 0.194 e. The summed E-state index contributed by atoms with van der Waals surface area (Å²) in [5.41, 5.74) is 0.561. The van der Waals surface area contributed by atoms with Gasteiger partial charge in [0.2, 0.25) is 0 Å². The highest BCUT2D eigenvalue weighted by Crippen LogP contribution is 2.36. The normalized spacial score (nSPS) is 17.9. The summed E-state index contributed by atoms with van der Waals surface area (Å²) in [6, 6.07) is 4.36. The molecule has 1 saturated carbocycles. The van der Waals surface area contributed by atoms with Gasteiger partial charge in [0.15, 0.2) is 5.78 Å². The van der Waals surface area contributed by atoms with Crippen LogP contribution in [0.2, 0.25) is 0 Å². The summed E-state index contributed by atoms with van der Waals surface area (Å²) >= 11 is 0. The maximum atomic E-state index is 13.3. The van der Waals surface area contributed by atoms with Crippen LogP contribution in [0.5, 0.6) is 0 Å². The van der Waals surface area contributed by atoms with Gasteiger partial charge in [-0.05, 0) is 57.2 Å². The molecule has 0 N–H and O–H groups in total. The number of Topliss-reactive ketones (excluding diaryl/α,β-unsaturated/α-hetero) is 1. The van der Waals surface area contributed by atoms with Crippen LogP contribution < -0.4 is 0 Å². The lowest BCUT2D eigenvalue weighted by Gasteiger charge is -2.28. The van der Waals surface area contributed by atoms with Gasteiger partial charge in [-0.15, -0.1) is 0 Å². The third kappa shape index (κ3) is 2.32. The Morgan fingerprint density at radius 2 is 2.06 bits per heavy atom. The van der Waals surface area contributed by atoms with E-state index in [4.69, 9.17) is 4.74 Å². The third-order valence-corrected chi connectivity index (χ3v) is 3.69. The Labute approximate surface area is 107 Å². The number of benzene rings is 1. The van der Waals surface area contributed by atoms with E-state index < -0.39 is 5.60 Å². The summed E-state index contributed by atoms with van der Waals surface area (Å²) in [4.78, 5) is 12.6. The molecule has 1 aliphatic rings. The Hall–Kier alpha value is -1.22. The number of halogens is 1. The van der Waals surface area contributed by atoms with Crippen LogP contribution in [-0.4, -0.2) is 18.0 Å². The molecule has 1 aliphatic carbocycles. The van der Waals surface area contributed by atoms with Crippen LogP contribution in [0, 0.1) is 12.7 Å². The second-order valence-electron chi connectivity index (χ2n) is 4.92. The monoisotopic (exact) mass is 250 g/mol. The molecule has 0 radical (unpaired) electrons. The van der Waals surface area contributed by atoms with E-state index in [-0.39, 0.29) is 11.6 Å². The molecular weight excluding hydrogens is 231 g/mol. The van der Waals surface area contributed by atoms with E-state index in [0.29, 0.717) is 12.2 Å². The first kappa shape index (κ1) is 13.2. The van der Waals surface area contributed by atoms with Gasteiger partial charge in [0.25, 0.3) is 0 Å². The van der Waals surface area contributed by atoms with Crippen molar-refractivity contribution in [2.24, 2.45) is 0 Å². The van der Waals surface area contributed by atoms with Crippen molar-refractivity contribution in [2.45, 2.75) is 45.1 Å². The van der Waals surface area contributed by atoms with Gasteiger partial charge in [0.1, 0.15) is 11.4 Å². The maximum absolute atomic E-state index is 13.3. The van der Waals surface area contributed by atoms with Crippen LogP contribution in [0.4, 0.5) is 4.39 Å². The summed E-state index contributed by atoms with van der Waals surface area (Å²) in [6.45, 7) is 4.24. The average Bonchev–Trinajstić information content (AvgIpc) is 2.82. The minimum atomic E-state index is -0.715. The van der Waals surface area contributed by atoms with Gasteiger partial charge >= 0.3 is 0 Å². The lowest BCUT2D eigenvalue weighted by atomic mass is 9.89. The van der Waals surface area contributed by atoms with Gasteiger partial charge in [-0.3, -0.25) is 4.79 Å². The lowest BCUT2D eigenvalue weighted by Crippen LogP contribution is -2.39. The predicted molar refractivity (Wildman–Crippen MR) is 68.3 cm³/mol. The molecule has 0 heterocycles. The van der Waals surface area contributed by atoms with Crippen LogP contribution in [0.15, 0.2) is 18.2 Å². The molecule has 0 saturated heterocycles. The molecule has 3 heteroatoms. The highest BCUT2D eigenvalue weighted by molar-refractivity contribution is 6.03. The summed E-state index contributed by atoms with van der Waals surface area (Å²) in [5, 5.41) is 0. The van der Waals surface area contributed by atoms with Gasteiger partial charge in [0, 0.05) is 12.2 Å². The largest absolute Gasteiger partial charge is 0.367 e. The Morgan fingerprint density at radius 1 is 1.39 bits per heavy atom.